The number of hydrogen-bond donors (Lipinski definition) is 2. The van der Waals surface area contributed by atoms with Gasteiger partial charge in [-0.1, -0.05) is 0 Å². The largest absolute Gasteiger partial charge is 0.355 e. The minimum Gasteiger partial charge on any atom is -0.355 e. The summed E-state index contributed by atoms with van der Waals surface area (Å²) in [5.41, 5.74) is 1.60. The monoisotopic (exact) mass is 349 g/mol. The standard InChI is InChI=1S/C18H19N7O/c1-11-23-14-9-22-16-13(4-6-20-16)15(14)17(24-11)25-8-2-3-12(10-25)18(26)21-7-5-19/h4,6,9,12H,2-3,7-8,10H2,1H3,(H,20,22)(H,21,26). The number of nitriles is 1. The Morgan fingerprint density at radius 2 is 2.38 bits per heavy atom. The quantitative estimate of drug-likeness (QED) is 0.696. The number of aromatic nitrogens is 4. The van der Waals surface area contributed by atoms with E-state index in [9.17, 15) is 4.79 Å². The highest BCUT2D eigenvalue weighted by Crippen LogP contribution is 2.32. The number of carbonyl (C=O) groups excluding carboxylic acids is 1. The minimum absolute atomic E-state index is 0.0422. The molecule has 1 aliphatic rings. The van der Waals surface area contributed by atoms with E-state index in [4.69, 9.17) is 10.2 Å². The van der Waals surface area contributed by atoms with E-state index >= 15 is 0 Å². The summed E-state index contributed by atoms with van der Waals surface area (Å²) in [4.78, 5) is 31.2. The van der Waals surface area contributed by atoms with Crippen LogP contribution < -0.4 is 10.2 Å². The van der Waals surface area contributed by atoms with Crippen LogP contribution in [0, 0.1) is 24.2 Å². The molecule has 1 amide bonds. The average Bonchev–Trinajstić information content (AvgIpc) is 3.14. The molecular formula is C18H19N7O. The highest BCUT2D eigenvalue weighted by molar-refractivity contribution is 6.09. The molecule has 26 heavy (non-hydrogen) atoms. The Balaban J connectivity index is 1.75. The van der Waals surface area contributed by atoms with Crippen LogP contribution in [0.2, 0.25) is 0 Å². The van der Waals surface area contributed by atoms with Crippen molar-refractivity contribution in [1.82, 2.24) is 25.3 Å². The lowest BCUT2D eigenvalue weighted by Gasteiger charge is -2.33. The van der Waals surface area contributed by atoms with Gasteiger partial charge < -0.3 is 15.2 Å². The highest BCUT2D eigenvalue weighted by atomic mass is 16.1. The van der Waals surface area contributed by atoms with Crippen LogP contribution in [0.3, 0.4) is 0 Å². The van der Waals surface area contributed by atoms with Crippen LogP contribution in [0.5, 0.6) is 0 Å². The number of carbonyl (C=O) groups is 1. The molecule has 4 rings (SSSR count). The number of amides is 1. The summed E-state index contributed by atoms with van der Waals surface area (Å²) < 4.78 is 0. The second-order valence-electron chi connectivity index (χ2n) is 6.51. The first-order valence-corrected chi connectivity index (χ1v) is 8.67. The third kappa shape index (κ3) is 2.81. The number of pyridine rings is 1. The molecule has 1 atom stereocenters. The molecule has 1 fully saturated rings. The van der Waals surface area contributed by atoms with Gasteiger partial charge in [0.15, 0.2) is 0 Å². The molecule has 1 aliphatic heterocycles. The number of fused-ring (bicyclic) bond motifs is 3. The van der Waals surface area contributed by atoms with E-state index in [1.54, 1.807) is 6.20 Å². The molecule has 0 spiro atoms. The average molecular weight is 349 g/mol. The lowest BCUT2D eigenvalue weighted by atomic mass is 9.96. The second-order valence-corrected chi connectivity index (χ2v) is 6.51. The summed E-state index contributed by atoms with van der Waals surface area (Å²) in [5.74, 6) is 1.31. The van der Waals surface area contributed by atoms with Crippen LogP contribution in [0.25, 0.3) is 21.9 Å². The predicted molar refractivity (Wildman–Crippen MR) is 97.5 cm³/mol. The van der Waals surface area contributed by atoms with Gasteiger partial charge in [-0.15, -0.1) is 0 Å². The molecule has 0 bridgehead atoms. The Bertz CT molecular complexity index is 1020. The Labute approximate surface area is 150 Å². The first-order chi connectivity index (χ1) is 12.7. The summed E-state index contributed by atoms with van der Waals surface area (Å²) in [6.45, 7) is 3.32. The number of hydrogen-bond acceptors (Lipinski definition) is 6. The molecule has 0 radical (unpaired) electrons. The van der Waals surface area contributed by atoms with Gasteiger partial charge in [0.05, 0.1) is 29.1 Å². The van der Waals surface area contributed by atoms with Gasteiger partial charge in [0.25, 0.3) is 0 Å². The number of aryl methyl sites for hydroxylation is 1. The highest BCUT2D eigenvalue weighted by Gasteiger charge is 2.28. The topological polar surface area (TPSA) is 111 Å². The van der Waals surface area contributed by atoms with E-state index in [2.05, 4.69) is 25.2 Å². The van der Waals surface area contributed by atoms with Crippen molar-refractivity contribution in [2.24, 2.45) is 5.92 Å². The van der Waals surface area contributed by atoms with Gasteiger partial charge in [-0.3, -0.25) is 4.79 Å². The van der Waals surface area contributed by atoms with Gasteiger partial charge in [-0.2, -0.15) is 5.26 Å². The van der Waals surface area contributed by atoms with Crippen LogP contribution in [-0.4, -0.2) is 45.5 Å². The third-order valence-electron chi connectivity index (χ3n) is 4.77. The SMILES string of the molecule is Cc1nc(N2CCCC(C(=O)NCC#N)C2)c2c(cnc3[nH]ccc32)n1. The third-order valence-corrected chi connectivity index (χ3v) is 4.77. The van der Waals surface area contributed by atoms with E-state index in [1.165, 1.54) is 0 Å². The van der Waals surface area contributed by atoms with E-state index in [1.807, 2.05) is 25.3 Å². The van der Waals surface area contributed by atoms with Crippen molar-refractivity contribution in [2.75, 3.05) is 24.5 Å². The molecule has 2 N–H and O–H groups in total. The summed E-state index contributed by atoms with van der Waals surface area (Å²) >= 11 is 0. The Hall–Kier alpha value is -3.21. The van der Waals surface area contributed by atoms with Gasteiger partial charge in [-0.05, 0) is 25.8 Å². The molecule has 1 unspecified atom stereocenters. The zero-order chi connectivity index (χ0) is 18.1. The number of nitrogens with one attached hydrogen (secondary N) is 2. The Morgan fingerprint density at radius 1 is 1.50 bits per heavy atom. The number of H-pyrrole nitrogens is 1. The van der Waals surface area contributed by atoms with Gasteiger partial charge in [0, 0.05) is 24.7 Å². The molecular weight excluding hydrogens is 330 g/mol. The lowest BCUT2D eigenvalue weighted by molar-refractivity contribution is -0.125. The van der Waals surface area contributed by atoms with Gasteiger partial charge >= 0.3 is 0 Å². The molecule has 8 heteroatoms. The van der Waals surface area contributed by atoms with Crippen molar-refractivity contribution < 1.29 is 4.79 Å². The number of rotatable bonds is 3. The molecule has 3 aromatic heterocycles. The molecule has 0 saturated carbocycles. The molecule has 4 heterocycles. The molecule has 0 aliphatic carbocycles. The van der Waals surface area contributed by atoms with Crippen LogP contribution in [0.1, 0.15) is 18.7 Å². The summed E-state index contributed by atoms with van der Waals surface area (Å²) in [7, 11) is 0. The Kier molecular flexibility index (Phi) is 4.13. The number of aromatic amines is 1. The van der Waals surface area contributed by atoms with E-state index in [0.29, 0.717) is 12.4 Å². The van der Waals surface area contributed by atoms with Gasteiger partial charge in [0.1, 0.15) is 23.8 Å². The van der Waals surface area contributed by atoms with Crippen molar-refractivity contribution >= 4 is 33.7 Å². The molecule has 1 saturated heterocycles. The summed E-state index contributed by atoms with van der Waals surface area (Å²) in [6, 6.07) is 3.93. The number of piperidine rings is 1. The smallest absolute Gasteiger partial charge is 0.225 e. The van der Waals surface area contributed by atoms with E-state index in [0.717, 1.165) is 47.1 Å². The summed E-state index contributed by atoms with van der Waals surface area (Å²) in [6.07, 6.45) is 5.33. The lowest BCUT2D eigenvalue weighted by Crippen LogP contribution is -2.43. The first-order valence-electron chi connectivity index (χ1n) is 8.67. The summed E-state index contributed by atoms with van der Waals surface area (Å²) in [5, 5.41) is 13.3. The van der Waals surface area contributed by atoms with Crippen LogP contribution in [0.4, 0.5) is 5.82 Å². The normalized spacial score (nSPS) is 17.4. The fourth-order valence-electron chi connectivity index (χ4n) is 3.61. The Morgan fingerprint density at radius 3 is 3.23 bits per heavy atom. The maximum absolute atomic E-state index is 12.3. The molecule has 0 aromatic carbocycles. The van der Waals surface area contributed by atoms with Gasteiger partial charge in [0.2, 0.25) is 5.91 Å². The zero-order valence-corrected chi connectivity index (χ0v) is 14.5. The maximum atomic E-state index is 12.3. The fourth-order valence-corrected chi connectivity index (χ4v) is 3.61. The van der Waals surface area contributed by atoms with Crippen LogP contribution >= 0.6 is 0 Å². The molecule has 132 valence electrons. The predicted octanol–water partition coefficient (Wildman–Crippen LogP) is 1.67. The van der Waals surface area contributed by atoms with Crippen LogP contribution in [-0.2, 0) is 4.79 Å². The fraction of sp³-hybridized carbons (Fsp3) is 0.389. The first kappa shape index (κ1) is 16.3. The van der Waals surface area contributed by atoms with Crippen molar-refractivity contribution in [3.8, 4) is 6.07 Å². The number of nitrogens with zero attached hydrogens (tertiary/aromatic N) is 5. The minimum atomic E-state index is -0.147. The van der Waals surface area contributed by atoms with Crippen molar-refractivity contribution in [1.29, 1.82) is 5.26 Å². The van der Waals surface area contributed by atoms with Crippen molar-refractivity contribution in [3.63, 3.8) is 0 Å². The maximum Gasteiger partial charge on any atom is 0.225 e. The van der Waals surface area contributed by atoms with E-state index in [-0.39, 0.29) is 18.4 Å². The number of anilines is 1. The zero-order valence-electron chi connectivity index (χ0n) is 14.5. The van der Waals surface area contributed by atoms with E-state index < -0.39 is 0 Å². The molecule has 8 nitrogen and oxygen atoms in total. The van der Waals surface area contributed by atoms with Crippen molar-refractivity contribution in [2.45, 2.75) is 19.8 Å². The van der Waals surface area contributed by atoms with Crippen molar-refractivity contribution in [3.05, 3.63) is 24.3 Å². The molecule has 3 aromatic rings. The van der Waals surface area contributed by atoms with Gasteiger partial charge in [-0.25, -0.2) is 15.0 Å². The van der Waals surface area contributed by atoms with Crippen LogP contribution in [0.15, 0.2) is 18.5 Å². The second kappa shape index (κ2) is 6.59.